The highest BCUT2D eigenvalue weighted by Crippen LogP contribution is 2.28. The highest BCUT2D eigenvalue weighted by molar-refractivity contribution is 5.86. The first-order chi connectivity index (χ1) is 8.05. The van der Waals surface area contributed by atoms with Crippen LogP contribution in [0.15, 0.2) is 0 Å². The van der Waals surface area contributed by atoms with Crippen LogP contribution in [0.5, 0.6) is 0 Å². The number of hydrogen-bond donors (Lipinski definition) is 2. The van der Waals surface area contributed by atoms with Gasteiger partial charge in [-0.1, -0.05) is 6.92 Å². The van der Waals surface area contributed by atoms with Crippen LogP contribution in [0.3, 0.4) is 0 Å². The average Bonchev–Trinajstić information content (AvgIpc) is 2.20. The zero-order valence-corrected chi connectivity index (χ0v) is 10.8. The second-order valence-corrected chi connectivity index (χ2v) is 5.31. The molecule has 0 radical (unpaired) electrons. The number of nitrogens with one attached hydrogen (secondary N) is 1. The molecule has 1 heterocycles. The van der Waals surface area contributed by atoms with Gasteiger partial charge < -0.3 is 16.0 Å². The Hall–Kier alpha value is -0.820. The first-order valence-corrected chi connectivity index (χ1v) is 5.91. The van der Waals surface area contributed by atoms with Gasteiger partial charge in [-0.25, -0.2) is 0 Å². The molecule has 0 bridgehead atoms. The van der Waals surface area contributed by atoms with Gasteiger partial charge in [-0.2, -0.15) is 13.2 Å². The smallest absolute Gasteiger partial charge is 0.351 e. The van der Waals surface area contributed by atoms with Crippen molar-refractivity contribution in [2.75, 3.05) is 20.1 Å². The van der Waals surface area contributed by atoms with E-state index in [0.29, 0.717) is 13.3 Å². The summed E-state index contributed by atoms with van der Waals surface area (Å²) in [6, 6.07) is -0.251. The van der Waals surface area contributed by atoms with Crippen molar-refractivity contribution in [2.24, 2.45) is 11.7 Å². The number of amides is 1. The van der Waals surface area contributed by atoms with Crippen molar-refractivity contribution < 1.29 is 18.0 Å². The van der Waals surface area contributed by atoms with Crippen LogP contribution in [0.25, 0.3) is 0 Å². The van der Waals surface area contributed by atoms with Crippen LogP contribution in [0, 0.1) is 5.92 Å². The molecule has 1 rings (SSSR count). The fourth-order valence-corrected chi connectivity index (χ4v) is 2.02. The summed E-state index contributed by atoms with van der Waals surface area (Å²) in [5.41, 5.74) is 2.24. The van der Waals surface area contributed by atoms with E-state index in [1.807, 2.05) is 14.0 Å². The van der Waals surface area contributed by atoms with Crippen molar-refractivity contribution in [3.63, 3.8) is 0 Å². The maximum Gasteiger partial charge on any atom is 0.415 e. The van der Waals surface area contributed by atoms with E-state index in [0.717, 1.165) is 13.1 Å². The van der Waals surface area contributed by atoms with Gasteiger partial charge in [0.25, 0.3) is 0 Å². The summed E-state index contributed by atoms with van der Waals surface area (Å²) in [4.78, 5) is 13.7. The fourth-order valence-electron chi connectivity index (χ4n) is 2.02. The Labute approximate surface area is 105 Å². The number of alkyl halides is 3. The van der Waals surface area contributed by atoms with Crippen LogP contribution in [0.2, 0.25) is 0 Å². The third-order valence-electron chi connectivity index (χ3n) is 3.49. The molecule has 3 atom stereocenters. The van der Waals surface area contributed by atoms with Gasteiger partial charge >= 0.3 is 6.18 Å². The molecular weight excluding hydrogens is 247 g/mol. The molecule has 1 saturated heterocycles. The summed E-state index contributed by atoms with van der Waals surface area (Å²) in [5, 5.41) is 2.43. The number of rotatable bonds is 2. The largest absolute Gasteiger partial charge is 0.415 e. The Morgan fingerprint density at radius 3 is 2.44 bits per heavy atom. The quantitative estimate of drug-likeness (QED) is 0.775. The predicted molar refractivity (Wildman–Crippen MR) is 61.9 cm³/mol. The third-order valence-corrected chi connectivity index (χ3v) is 3.49. The molecule has 3 N–H and O–H groups in total. The van der Waals surface area contributed by atoms with E-state index in [9.17, 15) is 18.0 Å². The van der Waals surface area contributed by atoms with E-state index in [-0.39, 0.29) is 12.0 Å². The van der Waals surface area contributed by atoms with E-state index in [2.05, 4.69) is 10.2 Å². The maximum atomic E-state index is 12.6. The first kappa shape index (κ1) is 15.2. The monoisotopic (exact) mass is 267 g/mol. The molecule has 0 aromatic heterocycles. The van der Waals surface area contributed by atoms with Crippen LogP contribution >= 0.6 is 0 Å². The van der Waals surface area contributed by atoms with Crippen molar-refractivity contribution in [3.8, 4) is 0 Å². The minimum absolute atomic E-state index is 0.108. The van der Waals surface area contributed by atoms with Gasteiger partial charge in [-0.3, -0.25) is 4.79 Å². The molecular formula is C11H20F3N3O. The van der Waals surface area contributed by atoms with E-state index >= 15 is 0 Å². The molecule has 7 heteroatoms. The predicted octanol–water partition coefficient (Wildman–Crippen LogP) is 0.722. The molecule has 0 spiro atoms. The molecule has 1 fully saturated rings. The number of nitrogens with zero attached hydrogens (tertiary/aromatic N) is 1. The summed E-state index contributed by atoms with van der Waals surface area (Å²) in [5.74, 6) is -1.05. The molecule has 4 nitrogen and oxygen atoms in total. The second-order valence-electron chi connectivity index (χ2n) is 5.31. The molecule has 1 amide bonds. The SMILES string of the molecule is CC1CN(C)CCC1NC(=O)C(C)(N)C(F)(F)F. The average molecular weight is 267 g/mol. The first-order valence-electron chi connectivity index (χ1n) is 5.91. The van der Waals surface area contributed by atoms with Crippen LogP contribution < -0.4 is 11.1 Å². The highest BCUT2D eigenvalue weighted by Gasteiger charge is 2.54. The summed E-state index contributed by atoms with van der Waals surface area (Å²) < 4.78 is 37.8. The van der Waals surface area contributed by atoms with Crippen LogP contribution in [-0.4, -0.2) is 48.7 Å². The topological polar surface area (TPSA) is 58.4 Å². The Balaban J connectivity index is 2.65. The Morgan fingerprint density at radius 1 is 1.44 bits per heavy atom. The second kappa shape index (κ2) is 5.05. The van der Waals surface area contributed by atoms with Gasteiger partial charge in [0.05, 0.1) is 0 Å². The number of halogens is 3. The fraction of sp³-hybridized carbons (Fsp3) is 0.909. The van der Waals surface area contributed by atoms with Crippen molar-refractivity contribution in [1.29, 1.82) is 0 Å². The lowest BCUT2D eigenvalue weighted by molar-refractivity contribution is -0.188. The van der Waals surface area contributed by atoms with E-state index in [1.54, 1.807) is 0 Å². The van der Waals surface area contributed by atoms with Crippen molar-refractivity contribution in [1.82, 2.24) is 10.2 Å². The Bertz CT molecular complexity index is 317. The van der Waals surface area contributed by atoms with Gasteiger partial charge in [-0.15, -0.1) is 0 Å². The van der Waals surface area contributed by atoms with Gasteiger partial charge in [0.2, 0.25) is 5.91 Å². The number of carbonyl (C=O) groups is 1. The number of nitrogens with two attached hydrogens (primary N) is 1. The zero-order chi connectivity index (χ0) is 14.1. The molecule has 0 aliphatic carbocycles. The Kier molecular flexibility index (Phi) is 4.27. The summed E-state index contributed by atoms with van der Waals surface area (Å²) >= 11 is 0. The van der Waals surface area contributed by atoms with E-state index < -0.39 is 17.6 Å². The van der Waals surface area contributed by atoms with Gasteiger partial charge in [0.15, 0.2) is 5.54 Å². The van der Waals surface area contributed by atoms with Crippen molar-refractivity contribution >= 4 is 5.91 Å². The molecule has 18 heavy (non-hydrogen) atoms. The number of carbonyl (C=O) groups excluding carboxylic acids is 1. The minimum Gasteiger partial charge on any atom is -0.351 e. The molecule has 0 aromatic rings. The summed E-state index contributed by atoms with van der Waals surface area (Å²) in [6.45, 7) is 4.10. The lowest BCUT2D eigenvalue weighted by Crippen LogP contribution is -2.64. The lowest BCUT2D eigenvalue weighted by Gasteiger charge is -2.37. The molecule has 106 valence electrons. The molecule has 0 saturated carbocycles. The maximum absolute atomic E-state index is 12.6. The Morgan fingerprint density at radius 2 is 2.00 bits per heavy atom. The third kappa shape index (κ3) is 3.14. The van der Waals surface area contributed by atoms with E-state index in [1.165, 1.54) is 0 Å². The van der Waals surface area contributed by atoms with Crippen molar-refractivity contribution in [3.05, 3.63) is 0 Å². The van der Waals surface area contributed by atoms with Crippen LogP contribution in [0.4, 0.5) is 13.2 Å². The van der Waals surface area contributed by atoms with Crippen LogP contribution in [0.1, 0.15) is 20.3 Å². The standard InChI is InChI=1S/C11H20F3N3O/c1-7-6-17(3)5-4-8(7)16-9(18)10(2,15)11(12,13)14/h7-8H,4-6,15H2,1-3H3,(H,16,18). The molecule has 0 aromatic carbocycles. The normalized spacial score (nSPS) is 29.7. The highest BCUT2D eigenvalue weighted by atomic mass is 19.4. The van der Waals surface area contributed by atoms with Crippen molar-refractivity contribution in [2.45, 2.75) is 38.0 Å². The number of likely N-dealkylation sites (tertiary alicyclic amines) is 1. The molecule has 3 unspecified atom stereocenters. The zero-order valence-electron chi connectivity index (χ0n) is 10.8. The molecule has 1 aliphatic rings. The van der Waals surface area contributed by atoms with Gasteiger partial charge in [0, 0.05) is 12.6 Å². The van der Waals surface area contributed by atoms with Crippen LogP contribution in [-0.2, 0) is 4.79 Å². The van der Waals surface area contributed by atoms with Gasteiger partial charge in [0.1, 0.15) is 0 Å². The summed E-state index contributed by atoms with van der Waals surface area (Å²) in [6.07, 6.45) is -4.11. The number of piperidine rings is 1. The summed E-state index contributed by atoms with van der Waals surface area (Å²) in [7, 11) is 1.94. The van der Waals surface area contributed by atoms with E-state index in [4.69, 9.17) is 5.73 Å². The minimum atomic E-state index is -4.74. The number of hydrogen-bond acceptors (Lipinski definition) is 3. The lowest BCUT2D eigenvalue weighted by atomic mass is 9.92. The molecule has 1 aliphatic heterocycles. The van der Waals surface area contributed by atoms with Gasteiger partial charge in [-0.05, 0) is 32.9 Å².